The summed E-state index contributed by atoms with van der Waals surface area (Å²) in [7, 11) is 5.47. The van der Waals surface area contributed by atoms with Crippen molar-refractivity contribution in [2.75, 3.05) is 30.8 Å². The van der Waals surface area contributed by atoms with Gasteiger partial charge in [-0.05, 0) is 54.6 Å². The van der Waals surface area contributed by atoms with E-state index in [9.17, 15) is 8.78 Å². The van der Waals surface area contributed by atoms with Crippen molar-refractivity contribution in [2.24, 2.45) is 14.1 Å². The molecule has 0 fully saturated rings. The molecule has 0 unspecified atom stereocenters. The lowest BCUT2D eigenvalue weighted by atomic mass is 10.0. The van der Waals surface area contributed by atoms with Crippen molar-refractivity contribution < 1.29 is 13.5 Å². The molecule has 0 aliphatic carbocycles. The molecule has 4 aromatic heterocycles. The molecule has 266 valence electrons. The number of rotatable bonds is 5. The Kier molecular flexibility index (Phi) is 10.1. The van der Waals surface area contributed by atoms with Crippen LogP contribution in [0.2, 0.25) is 0 Å². The summed E-state index contributed by atoms with van der Waals surface area (Å²) in [4.78, 5) is 9.41. The van der Waals surface area contributed by atoms with Crippen LogP contribution in [0.4, 0.5) is 31.8 Å². The molecule has 6 aromatic rings. The van der Waals surface area contributed by atoms with E-state index < -0.39 is 11.6 Å². The number of nitriles is 1. The number of methoxy groups -OCH3 is 1. The van der Waals surface area contributed by atoms with Crippen molar-refractivity contribution in [1.29, 1.82) is 5.26 Å². The molecule has 4 N–H and O–H groups in total. The van der Waals surface area contributed by atoms with Gasteiger partial charge in [-0.2, -0.15) is 5.26 Å². The van der Waals surface area contributed by atoms with Gasteiger partial charge < -0.3 is 35.1 Å². The van der Waals surface area contributed by atoms with Gasteiger partial charge in [-0.1, -0.05) is 27.0 Å². The Labute approximate surface area is 301 Å². The Morgan fingerprint density at radius 2 is 1.25 bits per heavy atom. The molecule has 8 rings (SSSR count). The van der Waals surface area contributed by atoms with Gasteiger partial charge in [0.25, 0.3) is 0 Å². The van der Waals surface area contributed by atoms with E-state index in [1.54, 1.807) is 18.2 Å². The van der Waals surface area contributed by atoms with Crippen LogP contribution in [0.3, 0.4) is 0 Å². The number of fused-ring (bicyclic) bond motifs is 6. The van der Waals surface area contributed by atoms with E-state index in [1.165, 1.54) is 36.7 Å². The zero-order valence-electron chi connectivity index (χ0n) is 29.9. The van der Waals surface area contributed by atoms with E-state index in [0.29, 0.717) is 17.3 Å². The summed E-state index contributed by atoms with van der Waals surface area (Å²) < 4.78 is 36.5. The third-order valence-electron chi connectivity index (χ3n) is 9.10. The van der Waals surface area contributed by atoms with Crippen LogP contribution in [0, 0.1) is 23.0 Å². The summed E-state index contributed by atoms with van der Waals surface area (Å²) in [6.07, 6.45) is 1.87. The summed E-state index contributed by atoms with van der Waals surface area (Å²) in [5, 5.41) is 23.9. The average molecular weight is 702 g/mol. The number of hydrogen-bond donors (Lipinski definition) is 4. The lowest BCUT2D eigenvalue weighted by Gasteiger charge is -2.17. The van der Waals surface area contributed by atoms with Crippen molar-refractivity contribution in [3.63, 3.8) is 0 Å². The zero-order chi connectivity index (χ0) is 37.1. The van der Waals surface area contributed by atoms with Crippen LogP contribution >= 0.6 is 0 Å². The average Bonchev–Trinajstić information content (AvgIpc) is 3.61. The number of aromatic nitrogens is 4. The largest absolute Gasteiger partial charge is 0.494 e. The third kappa shape index (κ3) is 6.60. The van der Waals surface area contributed by atoms with Gasteiger partial charge in [-0.3, -0.25) is 0 Å². The number of benzene rings is 2. The Bertz CT molecular complexity index is 2270. The minimum Gasteiger partial charge on any atom is -0.494 e. The standard InChI is InChI=1S/C19H16FN5.C19H19FN4O.C2H6/c1-11-18-14-5-6-17(23-13-4-3-12(10-21)15(20)9-13)24-19(14)25(2)16(18)7-8-22-11;1-11-18-13-5-7-17(22-12-4-6-14(20)16(10-12)25-3)23-19(13)24(2)15(18)8-9-21-11;1-2/h3-6,9,22H,1,7-8H2,2H3,(H,23,24);4-7,10,21H,1,8-9H2,2-3H3,(H,22,23);1-2H3. The number of ether oxygens (including phenoxy) is 1. The van der Waals surface area contributed by atoms with Gasteiger partial charge in [0.05, 0.1) is 12.7 Å². The summed E-state index contributed by atoms with van der Waals surface area (Å²) in [6.45, 7) is 14.0. The van der Waals surface area contributed by atoms with Crippen molar-refractivity contribution in [3.8, 4) is 11.8 Å². The summed E-state index contributed by atoms with van der Waals surface area (Å²) in [5.41, 5.74) is 9.63. The maximum Gasteiger partial charge on any atom is 0.165 e. The lowest BCUT2D eigenvalue weighted by Crippen LogP contribution is -2.22. The maximum absolute atomic E-state index is 13.8. The van der Waals surface area contributed by atoms with Crippen LogP contribution in [-0.4, -0.2) is 39.3 Å². The number of nitrogens with one attached hydrogen (secondary N) is 4. The number of halogens is 2. The van der Waals surface area contributed by atoms with Gasteiger partial charge in [0.1, 0.15) is 34.8 Å². The molecule has 2 aliphatic heterocycles. The highest BCUT2D eigenvalue weighted by atomic mass is 19.1. The van der Waals surface area contributed by atoms with Gasteiger partial charge in [0.2, 0.25) is 0 Å². The van der Waals surface area contributed by atoms with Crippen LogP contribution in [0.1, 0.15) is 41.9 Å². The number of nitrogens with zero attached hydrogens (tertiary/aromatic N) is 5. The molecule has 0 saturated heterocycles. The second-order valence-electron chi connectivity index (χ2n) is 12.1. The molecule has 52 heavy (non-hydrogen) atoms. The number of hydrogen-bond acceptors (Lipinski definition) is 8. The fourth-order valence-electron chi connectivity index (χ4n) is 6.66. The van der Waals surface area contributed by atoms with Crippen LogP contribution < -0.4 is 26.0 Å². The highest BCUT2D eigenvalue weighted by Crippen LogP contribution is 2.34. The predicted molar refractivity (Wildman–Crippen MR) is 205 cm³/mol. The molecule has 2 aromatic carbocycles. The molecular formula is C40H41F2N9O. The first-order chi connectivity index (χ1) is 25.2. The number of aryl methyl sites for hydroxylation is 2. The molecule has 0 saturated carbocycles. The minimum atomic E-state index is -0.551. The van der Waals surface area contributed by atoms with E-state index in [1.807, 2.05) is 58.3 Å². The highest BCUT2D eigenvalue weighted by molar-refractivity contribution is 5.94. The van der Waals surface area contributed by atoms with Crippen molar-refractivity contribution in [2.45, 2.75) is 26.7 Å². The first-order valence-electron chi connectivity index (χ1n) is 17.1. The molecule has 0 atom stereocenters. The fourth-order valence-corrected chi connectivity index (χ4v) is 6.66. The van der Waals surface area contributed by atoms with E-state index in [-0.39, 0.29) is 11.3 Å². The Hall–Kier alpha value is -6.35. The van der Waals surface area contributed by atoms with Crippen molar-refractivity contribution >= 4 is 56.5 Å². The predicted octanol–water partition coefficient (Wildman–Crippen LogP) is 8.05. The van der Waals surface area contributed by atoms with E-state index in [4.69, 9.17) is 15.0 Å². The Morgan fingerprint density at radius 1 is 0.750 bits per heavy atom. The topological polar surface area (TPSA) is 117 Å². The van der Waals surface area contributed by atoms with Crippen molar-refractivity contribution in [1.82, 2.24) is 29.7 Å². The Morgan fingerprint density at radius 3 is 1.73 bits per heavy atom. The van der Waals surface area contributed by atoms with Crippen molar-refractivity contribution in [3.05, 3.63) is 114 Å². The SMILES string of the molecule is C=C1NCCc2c1c1ccc(Nc3ccc(C#N)c(F)c3)nc1n2C.C=C1NCCc2c1c1ccc(Nc3ccc(F)c(OC)c3)nc1n2C.CC. The molecule has 6 heterocycles. The quantitative estimate of drug-likeness (QED) is 0.143. The summed E-state index contributed by atoms with van der Waals surface area (Å²) in [6, 6.07) is 18.7. The lowest BCUT2D eigenvalue weighted by molar-refractivity contribution is 0.387. The monoisotopic (exact) mass is 701 g/mol. The smallest absolute Gasteiger partial charge is 0.165 e. The second-order valence-corrected chi connectivity index (χ2v) is 12.1. The van der Waals surface area contributed by atoms with Gasteiger partial charge in [0.15, 0.2) is 11.6 Å². The molecule has 0 bridgehead atoms. The maximum atomic E-state index is 13.8. The van der Waals surface area contributed by atoms with E-state index in [2.05, 4.69) is 48.5 Å². The second kappa shape index (κ2) is 14.9. The molecule has 0 radical (unpaired) electrons. The molecule has 0 amide bonds. The summed E-state index contributed by atoms with van der Waals surface area (Å²) >= 11 is 0. The number of anilines is 4. The first kappa shape index (κ1) is 35.5. The fraction of sp³-hybridized carbons (Fsp3) is 0.225. The van der Waals surface area contributed by atoms with Gasteiger partial charge in [0, 0.05) is 102 Å². The van der Waals surface area contributed by atoms with E-state index in [0.717, 1.165) is 76.2 Å². The molecular weight excluding hydrogens is 660 g/mol. The first-order valence-corrected chi connectivity index (χ1v) is 17.1. The zero-order valence-corrected chi connectivity index (χ0v) is 29.9. The van der Waals surface area contributed by atoms with Crippen LogP contribution in [0.15, 0.2) is 73.8 Å². The van der Waals surface area contributed by atoms with Crippen LogP contribution in [-0.2, 0) is 26.9 Å². The molecule has 2 aliphatic rings. The van der Waals surface area contributed by atoms with E-state index >= 15 is 0 Å². The van der Waals surface area contributed by atoms with Gasteiger partial charge in [-0.25, -0.2) is 18.7 Å². The van der Waals surface area contributed by atoms with Crippen LogP contribution in [0.5, 0.6) is 5.75 Å². The molecule has 0 spiro atoms. The van der Waals surface area contributed by atoms with Gasteiger partial charge >= 0.3 is 0 Å². The molecule has 12 heteroatoms. The normalized spacial score (nSPS) is 13.0. The third-order valence-corrected chi connectivity index (χ3v) is 9.10. The minimum absolute atomic E-state index is 0.0232. The summed E-state index contributed by atoms with van der Waals surface area (Å²) in [5.74, 6) is 0.566. The highest BCUT2D eigenvalue weighted by Gasteiger charge is 2.23. The van der Waals surface area contributed by atoms with Crippen LogP contribution in [0.25, 0.3) is 33.5 Å². The Balaban J connectivity index is 0.000000171. The molecule has 10 nitrogen and oxygen atoms in total. The number of pyridine rings is 2. The van der Waals surface area contributed by atoms with Gasteiger partial charge in [-0.15, -0.1) is 0 Å².